The number of thioether (sulfide) groups is 1. The fourth-order valence-electron chi connectivity index (χ4n) is 2.21. The zero-order valence-electron chi connectivity index (χ0n) is 14.5. The number of benzene rings is 2. The first kappa shape index (κ1) is 21.4. The first-order valence-electron chi connectivity index (χ1n) is 7.93. The van der Waals surface area contributed by atoms with Crippen LogP contribution in [-0.2, 0) is 11.4 Å². The second-order valence-electron chi connectivity index (χ2n) is 5.63. The molecule has 1 atom stereocenters. The number of nitrogens with one attached hydrogen (secondary N) is 1. The molecule has 0 radical (unpaired) electrons. The van der Waals surface area contributed by atoms with E-state index in [9.17, 15) is 4.79 Å². The molecule has 0 aliphatic rings. The van der Waals surface area contributed by atoms with Gasteiger partial charge in [-0.1, -0.05) is 30.3 Å². The Morgan fingerprint density at radius 1 is 1.24 bits per heavy atom. The summed E-state index contributed by atoms with van der Waals surface area (Å²) in [4.78, 5) is 12.1. The Labute approximate surface area is 159 Å². The van der Waals surface area contributed by atoms with E-state index in [4.69, 9.17) is 10.5 Å². The van der Waals surface area contributed by atoms with Gasteiger partial charge in [0.2, 0.25) is 5.91 Å². The molecular weight excluding hydrogens is 356 g/mol. The summed E-state index contributed by atoms with van der Waals surface area (Å²) in [6.07, 6.45) is 2.67. The average molecular weight is 381 g/mol. The van der Waals surface area contributed by atoms with E-state index in [-0.39, 0.29) is 18.3 Å². The van der Waals surface area contributed by atoms with Gasteiger partial charge in [-0.2, -0.15) is 11.8 Å². The third-order valence-electron chi connectivity index (χ3n) is 3.67. The highest BCUT2D eigenvalue weighted by Crippen LogP contribution is 2.22. The highest BCUT2D eigenvalue weighted by atomic mass is 35.5. The van der Waals surface area contributed by atoms with Gasteiger partial charge in [0.25, 0.3) is 0 Å². The number of aryl methyl sites for hydroxylation is 1. The van der Waals surface area contributed by atoms with Gasteiger partial charge in [0.15, 0.2) is 0 Å². The zero-order chi connectivity index (χ0) is 17.4. The lowest BCUT2D eigenvalue weighted by molar-refractivity contribution is -0.117. The molecule has 0 fully saturated rings. The molecule has 0 saturated carbocycles. The third-order valence-corrected chi connectivity index (χ3v) is 4.32. The summed E-state index contributed by atoms with van der Waals surface area (Å²) < 4.78 is 5.79. The van der Waals surface area contributed by atoms with Crippen molar-refractivity contribution in [3.8, 4) is 5.75 Å². The molecule has 0 aromatic heterocycles. The number of carbonyl (C=O) groups is 1. The predicted octanol–water partition coefficient (Wildman–Crippen LogP) is 4.01. The standard InChI is InChI=1S/C19H24N2O2S.ClH/c1-14-12-16(23-13-15-6-4-3-5-7-15)8-9-18(14)21-19(22)17(20)10-11-24-2;/h3-9,12,17H,10-11,13,20H2,1-2H3,(H,21,22);1H/t17-;/m0./s1. The van der Waals surface area contributed by atoms with Crippen molar-refractivity contribution < 1.29 is 9.53 Å². The molecular formula is C19H25ClN2O2S. The molecule has 25 heavy (non-hydrogen) atoms. The number of anilines is 1. The van der Waals surface area contributed by atoms with Crippen molar-refractivity contribution in [1.29, 1.82) is 0 Å². The number of carbonyl (C=O) groups excluding carboxylic acids is 1. The SMILES string of the molecule is CSCC[C@H](N)C(=O)Nc1ccc(OCc2ccccc2)cc1C.Cl. The first-order valence-corrected chi connectivity index (χ1v) is 9.32. The Kier molecular flexibility index (Phi) is 9.42. The minimum atomic E-state index is -0.481. The van der Waals surface area contributed by atoms with Gasteiger partial charge < -0.3 is 15.8 Å². The Balaban J connectivity index is 0.00000312. The maximum Gasteiger partial charge on any atom is 0.241 e. The van der Waals surface area contributed by atoms with Crippen LogP contribution < -0.4 is 15.8 Å². The van der Waals surface area contributed by atoms with Gasteiger partial charge in [0.1, 0.15) is 12.4 Å². The number of halogens is 1. The minimum Gasteiger partial charge on any atom is -0.489 e. The van der Waals surface area contributed by atoms with Crippen molar-refractivity contribution >= 4 is 35.8 Å². The topological polar surface area (TPSA) is 64.4 Å². The van der Waals surface area contributed by atoms with Crippen LogP contribution >= 0.6 is 24.2 Å². The Morgan fingerprint density at radius 3 is 2.60 bits per heavy atom. The first-order chi connectivity index (χ1) is 11.6. The molecule has 0 bridgehead atoms. The highest BCUT2D eigenvalue weighted by Gasteiger charge is 2.14. The maximum atomic E-state index is 12.1. The molecule has 2 aromatic rings. The summed E-state index contributed by atoms with van der Waals surface area (Å²) in [6, 6.07) is 15.2. The monoisotopic (exact) mass is 380 g/mol. The van der Waals surface area contributed by atoms with Gasteiger partial charge in [0, 0.05) is 5.69 Å². The number of nitrogens with two attached hydrogens (primary N) is 1. The molecule has 0 aliphatic heterocycles. The van der Waals surface area contributed by atoms with Crippen molar-refractivity contribution in [3.63, 3.8) is 0 Å². The van der Waals surface area contributed by atoms with E-state index in [1.165, 1.54) is 0 Å². The van der Waals surface area contributed by atoms with E-state index < -0.39 is 6.04 Å². The third kappa shape index (κ3) is 6.98. The molecule has 1 amide bonds. The van der Waals surface area contributed by atoms with E-state index in [0.717, 1.165) is 28.3 Å². The highest BCUT2D eigenvalue weighted by molar-refractivity contribution is 7.98. The van der Waals surface area contributed by atoms with Crippen molar-refractivity contribution in [2.75, 3.05) is 17.3 Å². The van der Waals surface area contributed by atoms with E-state index in [0.29, 0.717) is 13.0 Å². The smallest absolute Gasteiger partial charge is 0.241 e. The average Bonchev–Trinajstić information content (AvgIpc) is 2.60. The molecule has 2 aromatic carbocycles. The van der Waals surface area contributed by atoms with Gasteiger partial charge in [0.05, 0.1) is 6.04 Å². The Morgan fingerprint density at radius 2 is 1.96 bits per heavy atom. The number of amides is 1. The normalized spacial score (nSPS) is 11.3. The molecule has 2 rings (SSSR count). The van der Waals surface area contributed by atoms with Crippen LogP contribution in [0.3, 0.4) is 0 Å². The molecule has 0 aliphatic carbocycles. The van der Waals surface area contributed by atoms with Crippen LogP contribution in [0.4, 0.5) is 5.69 Å². The van der Waals surface area contributed by atoms with Crippen molar-refractivity contribution in [3.05, 3.63) is 59.7 Å². The van der Waals surface area contributed by atoms with Gasteiger partial charge in [-0.05, 0) is 54.7 Å². The summed E-state index contributed by atoms with van der Waals surface area (Å²) >= 11 is 1.69. The van der Waals surface area contributed by atoms with E-state index in [2.05, 4.69) is 5.32 Å². The van der Waals surface area contributed by atoms with E-state index in [1.54, 1.807) is 11.8 Å². The molecule has 3 N–H and O–H groups in total. The van der Waals surface area contributed by atoms with Crippen molar-refractivity contribution in [2.24, 2.45) is 5.73 Å². The fourth-order valence-corrected chi connectivity index (χ4v) is 2.70. The Hall–Kier alpha value is -1.69. The summed E-state index contributed by atoms with van der Waals surface area (Å²) in [5, 5.41) is 2.89. The largest absolute Gasteiger partial charge is 0.489 e. The molecule has 4 nitrogen and oxygen atoms in total. The zero-order valence-corrected chi connectivity index (χ0v) is 16.2. The van der Waals surface area contributed by atoms with Crippen LogP contribution in [0.5, 0.6) is 5.75 Å². The van der Waals surface area contributed by atoms with Crippen molar-refractivity contribution in [2.45, 2.75) is 26.0 Å². The fraction of sp³-hybridized carbons (Fsp3) is 0.316. The summed E-state index contributed by atoms with van der Waals surface area (Å²) in [7, 11) is 0. The van der Waals surface area contributed by atoms with Crippen LogP contribution in [0.15, 0.2) is 48.5 Å². The van der Waals surface area contributed by atoms with Gasteiger partial charge in [-0.15, -0.1) is 12.4 Å². The van der Waals surface area contributed by atoms with Crippen LogP contribution in [0.25, 0.3) is 0 Å². The number of hydrogen-bond acceptors (Lipinski definition) is 4. The van der Waals surface area contributed by atoms with Crippen LogP contribution in [-0.4, -0.2) is 24.0 Å². The lowest BCUT2D eigenvalue weighted by Gasteiger charge is -2.14. The Bertz CT molecular complexity index is 668. The summed E-state index contributed by atoms with van der Waals surface area (Å²) in [6.45, 7) is 2.46. The van der Waals surface area contributed by atoms with E-state index >= 15 is 0 Å². The predicted molar refractivity (Wildman–Crippen MR) is 109 cm³/mol. The lowest BCUT2D eigenvalue weighted by atomic mass is 10.1. The molecule has 0 spiro atoms. The summed E-state index contributed by atoms with van der Waals surface area (Å²) in [5.41, 5.74) is 8.73. The molecule has 0 heterocycles. The molecule has 136 valence electrons. The number of rotatable bonds is 8. The van der Waals surface area contributed by atoms with E-state index in [1.807, 2.05) is 61.7 Å². The summed E-state index contributed by atoms with van der Waals surface area (Å²) in [5.74, 6) is 1.51. The number of hydrogen-bond donors (Lipinski definition) is 2. The van der Waals surface area contributed by atoms with Crippen LogP contribution in [0.1, 0.15) is 17.5 Å². The van der Waals surface area contributed by atoms with Crippen LogP contribution in [0, 0.1) is 6.92 Å². The number of ether oxygens (including phenoxy) is 1. The maximum absolute atomic E-state index is 12.1. The van der Waals surface area contributed by atoms with Gasteiger partial charge >= 0.3 is 0 Å². The van der Waals surface area contributed by atoms with Crippen molar-refractivity contribution in [1.82, 2.24) is 0 Å². The molecule has 0 unspecified atom stereocenters. The van der Waals surface area contributed by atoms with Crippen LogP contribution in [0.2, 0.25) is 0 Å². The lowest BCUT2D eigenvalue weighted by Crippen LogP contribution is -2.36. The molecule has 6 heteroatoms. The second-order valence-corrected chi connectivity index (χ2v) is 6.61. The molecule has 0 saturated heterocycles. The minimum absolute atomic E-state index is 0. The van der Waals surface area contributed by atoms with Gasteiger partial charge in [-0.25, -0.2) is 0 Å². The second kappa shape index (κ2) is 11.0. The quantitative estimate of drug-likeness (QED) is 0.726. The van der Waals surface area contributed by atoms with Gasteiger partial charge in [-0.3, -0.25) is 4.79 Å².